The third-order valence-corrected chi connectivity index (χ3v) is 2.69. The van der Waals surface area contributed by atoms with Gasteiger partial charge in [-0.05, 0) is 30.0 Å². The minimum Gasteiger partial charge on any atom is -0.494 e. The molecule has 0 heterocycles. The lowest BCUT2D eigenvalue weighted by molar-refractivity contribution is 0.121. The molecule has 4 heteroatoms. The van der Waals surface area contributed by atoms with Gasteiger partial charge in [0.15, 0.2) is 11.6 Å². The standard InChI is InChI=1S/C13H20FNO2/c1-8(2)6-11(16)13(15)9-4-5-12(17-3)10(14)7-9/h4-5,7-8,11,13,16H,6,15H2,1-3H3/t11-,13+/m0/s1. The molecule has 0 saturated heterocycles. The highest BCUT2D eigenvalue weighted by molar-refractivity contribution is 5.31. The van der Waals surface area contributed by atoms with Crippen molar-refractivity contribution in [1.29, 1.82) is 0 Å². The summed E-state index contributed by atoms with van der Waals surface area (Å²) in [4.78, 5) is 0. The Morgan fingerprint density at radius 2 is 2.06 bits per heavy atom. The van der Waals surface area contributed by atoms with Crippen molar-refractivity contribution in [3.63, 3.8) is 0 Å². The largest absolute Gasteiger partial charge is 0.494 e. The molecule has 96 valence electrons. The molecule has 3 nitrogen and oxygen atoms in total. The van der Waals surface area contributed by atoms with Crippen LogP contribution in [-0.4, -0.2) is 18.3 Å². The second kappa shape index (κ2) is 5.98. The number of ether oxygens (including phenoxy) is 1. The van der Waals surface area contributed by atoms with E-state index in [9.17, 15) is 9.50 Å². The van der Waals surface area contributed by atoms with Crippen LogP contribution in [0.25, 0.3) is 0 Å². The molecule has 0 fully saturated rings. The average molecular weight is 241 g/mol. The van der Waals surface area contributed by atoms with Crippen LogP contribution < -0.4 is 10.5 Å². The molecular formula is C13H20FNO2. The van der Waals surface area contributed by atoms with Crippen molar-refractivity contribution in [2.75, 3.05) is 7.11 Å². The molecule has 0 aliphatic rings. The van der Waals surface area contributed by atoms with Crippen LogP contribution in [0.1, 0.15) is 31.9 Å². The first-order valence-corrected chi connectivity index (χ1v) is 5.72. The quantitative estimate of drug-likeness (QED) is 0.831. The van der Waals surface area contributed by atoms with E-state index in [1.807, 2.05) is 13.8 Å². The van der Waals surface area contributed by atoms with Crippen molar-refractivity contribution >= 4 is 0 Å². The highest BCUT2D eigenvalue weighted by atomic mass is 19.1. The van der Waals surface area contributed by atoms with Crippen LogP contribution in [0.5, 0.6) is 5.75 Å². The number of benzene rings is 1. The normalized spacial score (nSPS) is 14.8. The van der Waals surface area contributed by atoms with Crippen LogP contribution in [0.3, 0.4) is 0 Å². The number of hydrogen-bond donors (Lipinski definition) is 2. The second-order valence-corrected chi connectivity index (χ2v) is 4.62. The van der Waals surface area contributed by atoms with Gasteiger partial charge in [0.1, 0.15) is 0 Å². The summed E-state index contributed by atoms with van der Waals surface area (Å²) in [5.74, 6) is 0.0654. The number of rotatable bonds is 5. The summed E-state index contributed by atoms with van der Waals surface area (Å²) in [5, 5.41) is 9.88. The van der Waals surface area contributed by atoms with Crippen LogP contribution in [0.15, 0.2) is 18.2 Å². The monoisotopic (exact) mass is 241 g/mol. The molecule has 0 unspecified atom stereocenters. The van der Waals surface area contributed by atoms with E-state index >= 15 is 0 Å². The Bertz CT molecular complexity index is 368. The fraction of sp³-hybridized carbons (Fsp3) is 0.538. The van der Waals surface area contributed by atoms with E-state index in [0.717, 1.165) is 0 Å². The van der Waals surface area contributed by atoms with Gasteiger partial charge in [0.2, 0.25) is 0 Å². The molecule has 1 aromatic rings. The highest BCUT2D eigenvalue weighted by Gasteiger charge is 2.19. The van der Waals surface area contributed by atoms with Crippen LogP contribution in [0, 0.1) is 11.7 Å². The van der Waals surface area contributed by atoms with Gasteiger partial charge in [-0.25, -0.2) is 4.39 Å². The summed E-state index contributed by atoms with van der Waals surface area (Å²) in [6, 6.07) is 3.94. The first-order valence-electron chi connectivity index (χ1n) is 5.72. The van der Waals surface area contributed by atoms with Crippen molar-refractivity contribution in [2.24, 2.45) is 11.7 Å². The van der Waals surface area contributed by atoms with Crippen molar-refractivity contribution in [3.8, 4) is 5.75 Å². The smallest absolute Gasteiger partial charge is 0.165 e. The van der Waals surface area contributed by atoms with Crippen molar-refractivity contribution in [1.82, 2.24) is 0 Å². The minimum absolute atomic E-state index is 0.180. The van der Waals surface area contributed by atoms with Gasteiger partial charge < -0.3 is 15.6 Å². The summed E-state index contributed by atoms with van der Waals surface area (Å²) < 4.78 is 18.3. The van der Waals surface area contributed by atoms with E-state index in [2.05, 4.69) is 0 Å². The molecule has 1 rings (SSSR count). The summed E-state index contributed by atoms with van der Waals surface area (Å²) in [7, 11) is 1.41. The zero-order chi connectivity index (χ0) is 13.0. The molecule has 0 bridgehead atoms. The third kappa shape index (κ3) is 3.68. The van der Waals surface area contributed by atoms with E-state index < -0.39 is 18.0 Å². The highest BCUT2D eigenvalue weighted by Crippen LogP contribution is 2.24. The lowest BCUT2D eigenvalue weighted by Gasteiger charge is -2.21. The van der Waals surface area contributed by atoms with Crippen molar-refractivity contribution < 1.29 is 14.2 Å². The average Bonchev–Trinajstić information content (AvgIpc) is 2.27. The van der Waals surface area contributed by atoms with Gasteiger partial charge >= 0.3 is 0 Å². The summed E-state index contributed by atoms with van der Waals surface area (Å²) >= 11 is 0. The van der Waals surface area contributed by atoms with Gasteiger partial charge in [-0.2, -0.15) is 0 Å². The van der Waals surface area contributed by atoms with Gasteiger partial charge in [-0.3, -0.25) is 0 Å². The Balaban J connectivity index is 2.82. The first-order chi connectivity index (χ1) is 7.95. The predicted octanol–water partition coefficient (Wildman–Crippen LogP) is 2.24. The number of hydrogen-bond acceptors (Lipinski definition) is 3. The van der Waals surface area contributed by atoms with Gasteiger partial charge in [-0.15, -0.1) is 0 Å². The van der Waals surface area contributed by atoms with Crippen LogP contribution >= 0.6 is 0 Å². The fourth-order valence-corrected chi connectivity index (χ4v) is 1.74. The summed E-state index contributed by atoms with van der Waals surface area (Å²) in [6.45, 7) is 4.01. The van der Waals surface area contributed by atoms with Gasteiger partial charge in [-0.1, -0.05) is 19.9 Å². The molecule has 0 saturated carbocycles. The number of halogens is 1. The Morgan fingerprint density at radius 1 is 1.41 bits per heavy atom. The molecule has 2 atom stereocenters. The molecule has 0 aliphatic heterocycles. The van der Waals surface area contributed by atoms with E-state index in [1.54, 1.807) is 6.07 Å². The molecule has 0 aromatic heterocycles. The maximum atomic E-state index is 13.5. The molecule has 1 aromatic carbocycles. The van der Waals surface area contributed by atoms with E-state index in [4.69, 9.17) is 10.5 Å². The van der Waals surface area contributed by atoms with E-state index in [-0.39, 0.29) is 5.75 Å². The summed E-state index contributed by atoms with van der Waals surface area (Å²) in [6.07, 6.45) is -0.0720. The molecule has 17 heavy (non-hydrogen) atoms. The van der Waals surface area contributed by atoms with Crippen LogP contribution in [0.4, 0.5) is 4.39 Å². The summed E-state index contributed by atoms with van der Waals surface area (Å²) in [5.41, 5.74) is 6.47. The minimum atomic E-state index is -0.664. The van der Waals surface area contributed by atoms with Crippen LogP contribution in [0.2, 0.25) is 0 Å². The van der Waals surface area contributed by atoms with Gasteiger partial charge in [0.05, 0.1) is 19.3 Å². The molecule has 0 aliphatic carbocycles. The zero-order valence-corrected chi connectivity index (χ0v) is 10.5. The fourth-order valence-electron chi connectivity index (χ4n) is 1.74. The number of nitrogens with two attached hydrogens (primary N) is 1. The lowest BCUT2D eigenvalue weighted by atomic mass is 9.95. The second-order valence-electron chi connectivity index (χ2n) is 4.62. The van der Waals surface area contributed by atoms with Gasteiger partial charge in [0, 0.05) is 0 Å². The number of methoxy groups -OCH3 is 1. The number of aliphatic hydroxyl groups is 1. The third-order valence-electron chi connectivity index (χ3n) is 2.69. The molecule has 0 amide bonds. The van der Waals surface area contributed by atoms with Crippen molar-refractivity contribution in [3.05, 3.63) is 29.6 Å². The SMILES string of the molecule is COc1ccc([C@@H](N)[C@@H](O)CC(C)C)cc1F. The predicted molar refractivity (Wildman–Crippen MR) is 65.3 cm³/mol. The molecule has 0 spiro atoms. The molecule has 3 N–H and O–H groups in total. The Morgan fingerprint density at radius 3 is 2.53 bits per heavy atom. The Hall–Kier alpha value is -1.13. The van der Waals surface area contributed by atoms with E-state index in [0.29, 0.717) is 17.9 Å². The molecular weight excluding hydrogens is 221 g/mol. The topological polar surface area (TPSA) is 55.5 Å². The number of aliphatic hydroxyl groups excluding tert-OH is 1. The zero-order valence-electron chi connectivity index (χ0n) is 10.5. The lowest BCUT2D eigenvalue weighted by Crippen LogP contribution is -2.27. The van der Waals surface area contributed by atoms with Crippen LogP contribution in [-0.2, 0) is 0 Å². The van der Waals surface area contributed by atoms with E-state index in [1.165, 1.54) is 19.2 Å². The Labute approximate surface area is 101 Å². The van der Waals surface area contributed by atoms with Gasteiger partial charge in [0.25, 0.3) is 0 Å². The maximum absolute atomic E-state index is 13.5. The molecule has 0 radical (unpaired) electrons. The van der Waals surface area contributed by atoms with Crippen molar-refractivity contribution in [2.45, 2.75) is 32.4 Å². The maximum Gasteiger partial charge on any atom is 0.165 e. The first kappa shape index (κ1) is 13.9. The Kier molecular flexibility index (Phi) is 4.90.